The summed E-state index contributed by atoms with van der Waals surface area (Å²) >= 11 is 7.40. The lowest BCUT2D eigenvalue weighted by Crippen LogP contribution is -2.04. The Bertz CT molecular complexity index is 704. The largest absolute Gasteiger partial charge is 0.330 e. The molecule has 0 aliphatic heterocycles. The van der Waals surface area contributed by atoms with Crippen LogP contribution in [0.1, 0.15) is 22.5 Å². The van der Waals surface area contributed by atoms with E-state index >= 15 is 0 Å². The summed E-state index contributed by atoms with van der Waals surface area (Å²) in [5.74, 6) is 7.35. The van der Waals surface area contributed by atoms with Crippen molar-refractivity contribution in [3.05, 3.63) is 47.0 Å². The minimum atomic E-state index is 0.678. The first kappa shape index (κ1) is 30.5. The highest BCUT2D eigenvalue weighted by atomic mass is 33.1. The summed E-state index contributed by atoms with van der Waals surface area (Å²) in [5, 5.41) is 0. The zero-order valence-corrected chi connectivity index (χ0v) is 24.3. The Kier molecular flexibility index (Phi) is 17.4. The van der Waals surface area contributed by atoms with Crippen LogP contribution < -0.4 is 22.9 Å². The lowest BCUT2D eigenvalue weighted by Gasteiger charge is -2.16. The highest BCUT2D eigenvalue weighted by Gasteiger charge is 2.16. The molecule has 2 rings (SSSR count). The van der Waals surface area contributed by atoms with Crippen molar-refractivity contribution in [3.63, 3.8) is 0 Å². The van der Waals surface area contributed by atoms with Gasteiger partial charge in [0.2, 0.25) is 0 Å². The highest BCUT2D eigenvalue weighted by Crippen LogP contribution is 2.45. The van der Waals surface area contributed by atoms with E-state index in [1.165, 1.54) is 20.9 Å². The number of nitrogens with zero attached hydrogens (tertiary/aromatic N) is 2. The van der Waals surface area contributed by atoms with Gasteiger partial charge in [-0.3, -0.25) is 9.97 Å². The first-order valence-corrected chi connectivity index (χ1v) is 17.9. The van der Waals surface area contributed by atoms with Crippen molar-refractivity contribution in [3.8, 4) is 0 Å². The van der Waals surface area contributed by atoms with Gasteiger partial charge < -0.3 is 22.9 Å². The molecule has 2 aromatic heterocycles. The van der Waals surface area contributed by atoms with Crippen LogP contribution in [0.2, 0.25) is 0 Å². The predicted octanol–water partition coefficient (Wildman–Crippen LogP) is 4.04. The van der Waals surface area contributed by atoms with E-state index in [9.17, 15) is 0 Å². The van der Waals surface area contributed by atoms with Gasteiger partial charge in [-0.1, -0.05) is 21.6 Å². The van der Waals surface area contributed by atoms with Gasteiger partial charge in [-0.05, 0) is 23.3 Å². The smallest absolute Gasteiger partial charge is 0.0649 e. The molecule has 2 heterocycles. The Hall–Kier alpha value is 0.240. The van der Waals surface area contributed by atoms with Gasteiger partial charge in [0.05, 0.1) is 11.4 Å². The summed E-state index contributed by atoms with van der Waals surface area (Å²) in [6, 6.07) is 4.28. The van der Waals surface area contributed by atoms with Crippen LogP contribution in [0.25, 0.3) is 0 Å². The molecule has 0 atom stereocenters. The molecule has 0 saturated carbocycles. The monoisotopic (exact) mass is 576 g/mol. The second-order valence-electron chi connectivity index (χ2n) is 7.02. The SMILES string of the molecule is NCCSCc1ccnc(CSCCN)c1SSc1c(CSCCN)ccnc1CSCCN. The molecule has 0 radical (unpaired) electrons. The standard InChI is InChI=1S/C22H36N6S6/c23-3-9-29-13-17-1-7-27-19(15-31-11-5-25)21(17)33-34-22-18(14-30-10-4-24)2-8-28-20(22)16-32-12-6-26/h1-2,7-8H,3-6,9-16,23-26H2. The van der Waals surface area contributed by atoms with Gasteiger partial charge in [-0.15, -0.1) is 0 Å². The molecule has 8 N–H and O–H groups in total. The molecule has 0 spiro atoms. The lowest BCUT2D eigenvalue weighted by molar-refractivity contribution is 1.05. The number of hydrogen-bond donors (Lipinski definition) is 4. The Balaban J connectivity index is 2.28. The minimum absolute atomic E-state index is 0.678. The maximum atomic E-state index is 5.73. The van der Waals surface area contributed by atoms with Crippen LogP contribution in [0.5, 0.6) is 0 Å². The Morgan fingerprint density at radius 1 is 0.529 bits per heavy atom. The quantitative estimate of drug-likeness (QED) is 0.142. The molecule has 0 aliphatic rings. The third-order valence-electron chi connectivity index (χ3n) is 4.37. The van der Waals surface area contributed by atoms with Crippen molar-refractivity contribution in [2.75, 3.05) is 49.2 Å². The average Bonchev–Trinajstić information content (AvgIpc) is 2.85. The van der Waals surface area contributed by atoms with Gasteiger partial charge in [0.15, 0.2) is 0 Å². The molecule has 0 saturated heterocycles. The number of hydrogen-bond acceptors (Lipinski definition) is 12. The van der Waals surface area contributed by atoms with Crippen molar-refractivity contribution < 1.29 is 0 Å². The Labute approximate surface area is 229 Å². The van der Waals surface area contributed by atoms with Gasteiger partial charge in [-0.2, -0.15) is 47.0 Å². The second kappa shape index (κ2) is 19.4. The van der Waals surface area contributed by atoms with Crippen molar-refractivity contribution in [2.45, 2.75) is 32.8 Å². The fourth-order valence-electron chi connectivity index (χ4n) is 2.83. The van der Waals surface area contributed by atoms with E-state index in [1.807, 2.05) is 59.4 Å². The van der Waals surface area contributed by atoms with Gasteiger partial charge in [0.25, 0.3) is 0 Å². The summed E-state index contributed by atoms with van der Waals surface area (Å²) in [4.78, 5) is 12.0. The Morgan fingerprint density at radius 3 is 1.24 bits per heavy atom. The zero-order valence-electron chi connectivity index (χ0n) is 19.4. The van der Waals surface area contributed by atoms with E-state index in [0.29, 0.717) is 26.2 Å². The fraction of sp³-hybridized carbons (Fsp3) is 0.545. The van der Waals surface area contributed by atoms with Crippen LogP contribution in [-0.4, -0.2) is 59.2 Å². The zero-order chi connectivity index (χ0) is 24.4. The molecule has 0 amide bonds. The third kappa shape index (κ3) is 11.1. The molecule has 12 heteroatoms. The van der Waals surface area contributed by atoms with Gasteiger partial charge in [0.1, 0.15) is 0 Å². The molecule has 0 bridgehead atoms. The highest BCUT2D eigenvalue weighted by molar-refractivity contribution is 8.76. The van der Waals surface area contributed by atoms with Gasteiger partial charge >= 0.3 is 0 Å². The summed E-state index contributed by atoms with van der Waals surface area (Å²) in [5.41, 5.74) is 27.8. The summed E-state index contributed by atoms with van der Waals surface area (Å²) in [6.07, 6.45) is 3.86. The van der Waals surface area contributed by atoms with Crippen LogP contribution >= 0.6 is 68.6 Å². The van der Waals surface area contributed by atoms with E-state index in [0.717, 1.165) is 57.4 Å². The first-order valence-electron chi connectivity index (χ1n) is 11.1. The van der Waals surface area contributed by atoms with Crippen molar-refractivity contribution in [1.29, 1.82) is 0 Å². The van der Waals surface area contributed by atoms with Crippen LogP contribution in [-0.2, 0) is 23.0 Å². The number of pyridine rings is 2. The second-order valence-corrected chi connectivity index (χ2v) is 13.6. The Morgan fingerprint density at radius 2 is 0.882 bits per heavy atom. The van der Waals surface area contributed by atoms with Gasteiger partial charge in [0, 0.05) is 94.4 Å². The van der Waals surface area contributed by atoms with Crippen molar-refractivity contribution in [1.82, 2.24) is 9.97 Å². The molecule has 2 aromatic rings. The molecule has 190 valence electrons. The molecule has 6 nitrogen and oxygen atoms in total. The molecule has 0 unspecified atom stereocenters. The molecule has 0 fully saturated rings. The first-order chi connectivity index (χ1) is 16.7. The van der Waals surface area contributed by atoms with E-state index in [2.05, 4.69) is 12.1 Å². The van der Waals surface area contributed by atoms with Crippen molar-refractivity contribution >= 4 is 68.6 Å². The van der Waals surface area contributed by atoms with E-state index < -0.39 is 0 Å². The maximum Gasteiger partial charge on any atom is 0.0649 e. The normalized spacial score (nSPS) is 11.3. The summed E-state index contributed by atoms with van der Waals surface area (Å²) < 4.78 is 0. The number of thioether (sulfide) groups is 4. The summed E-state index contributed by atoms with van der Waals surface area (Å²) in [6.45, 7) is 2.74. The lowest BCUT2D eigenvalue weighted by atomic mass is 10.2. The number of rotatable bonds is 19. The van der Waals surface area contributed by atoms with E-state index in [-0.39, 0.29) is 0 Å². The molecule has 34 heavy (non-hydrogen) atoms. The van der Waals surface area contributed by atoms with Crippen LogP contribution in [0.4, 0.5) is 0 Å². The van der Waals surface area contributed by atoms with E-state index in [1.54, 1.807) is 21.6 Å². The number of nitrogens with two attached hydrogens (primary N) is 4. The topological polar surface area (TPSA) is 130 Å². The summed E-state index contributed by atoms with van der Waals surface area (Å²) in [7, 11) is 3.61. The van der Waals surface area contributed by atoms with Crippen LogP contribution in [0, 0.1) is 0 Å². The fourth-order valence-corrected chi connectivity index (χ4v) is 9.01. The number of aromatic nitrogens is 2. The van der Waals surface area contributed by atoms with Gasteiger partial charge in [-0.25, -0.2) is 0 Å². The predicted molar refractivity (Wildman–Crippen MR) is 161 cm³/mol. The maximum absolute atomic E-state index is 5.73. The molecular formula is C22H36N6S6. The van der Waals surface area contributed by atoms with Crippen molar-refractivity contribution in [2.24, 2.45) is 22.9 Å². The van der Waals surface area contributed by atoms with Crippen LogP contribution in [0.15, 0.2) is 34.3 Å². The van der Waals surface area contributed by atoms with Crippen LogP contribution in [0.3, 0.4) is 0 Å². The molecule has 0 aromatic carbocycles. The molecular weight excluding hydrogens is 541 g/mol. The third-order valence-corrected chi connectivity index (χ3v) is 11.1. The van der Waals surface area contributed by atoms with E-state index in [4.69, 9.17) is 32.9 Å². The minimum Gasteiger partial charge on any atom is -0.330 e. The molecule has 0 aliphatic carbocycles. The average molecular weight is 577 g/mol.